The van der Waals surface area contributed by atoms with Gasteiger partial charge in [-0.15, -0.1) is 0 Å². The lowest BCUT2D eigenvalue weighted by molar-refractivity contribution is -0.383. The number of aliphatic hydroxyl groups excluding tert-OH is 1. The van der Waals surface area contributed by atoms with Crippen molar-refractivity contribution in [3.63, 3.8) is 0 Å². The molecular formula is C11H12N4O4. The summed E-state index contributed by atoms with van der Waals surface area (Å²) in [6.07, 6.45) is 0.581. The van der Waals surface area contributed by atoms with Crippen molar-refractivity contribution < 1.29 is 10.0 Å². The van der Waals surface area contributed by atoms with Crippen LogP contribution in [0, 0.1) is 10.1 Å². The Labute approximate surface area is 107 Å². The largest absolute Gasteiger partial charge is 0.392 e. The van der Waals surface area contributed by atoms with E-state index in [-0.39, 0.29) is 23.3 Å². The predicted molar refractivity (Wildman–Crippen MR) is 69.2 cm³/mol. The van der Waals surface area contributed by atoms with Gasteiger partial charge in [0.05, 0.1) is 28.3 Å². The Kier molecular flexibility index (Phi) is 3.43. The molecule has 3 N–H and O–H groups in total. The van der Waals surface area contributed by atoms with Crippen LogP contribution in [-0.2, 0) is 0 Å². The summed E-state index contributed by atoms with van der Waals surface area (Å²) in [4.78, 5) is 28.3. The highest BCUT2D eigenvalue weighted by Gasteiger charge is 2.17. The summed E-state index contributed by atoms with van der Waals surface area (Å²) in [6.45, 7) is 1.72. The van der Waals surface area contributed by atoms with Gasteiger partial charge in [-0.05, 0) is 13.0 Å². The molecule has 0 aliphatic rings. The highest BCUT2D eigenvalue weighted by Crippen LogP contribution is 2.27. The molecule has 0 amide bonds. The molecule has 0 fully saturated rings. The normalized spacial score (nSPS) is 12.3. The zero-order valence-corrected chi connectivity index (χ0v) is 10.1. The minimum atomic E-state index is -0.651. The number of nitrogens with one attached hydrogen (secondary N) is 2. The Balaban J connectivity index is 2.58. The van der Waals surface area contributed by atoms with Crippen molar-refractivity contribution in [1.82, 2.24) is 9.97 Å². The molecule has 0 saturated carbocycles. The second kappa shape index (κ2) is 5.02. The van der Waals surface area contributed by atoms with E-state index >= 15 is 0 Å². The van der Waals surface area contributed by atoms with Crippen molar-refractivity contribution in [2.75, 3.05) is 11.9 Å². The van der Waals surface area contributed by atoms with E-state index in [2.05, 4.69) is 15.3 Å². The number of fused-ring (bicyclic) bond motifs is 1. The summed E-state index contributed by atoms with van der Waals surface area (Å²) in [5.41, 5.74) is -0.0965. The number of benzene rings is 1. The van der Waals surface area contributed by atoms with Gasteiger partial charge in [0.2, 0.25) is 0 Å². The van der Waals surface area contributed by atoms with Gasteiger partial charge in [-0.3, -0.25) is 14.9 Å². The number of anilines is 1. The number of aromatic nitrogens is 2. The van der Waals surface area contributed by atoms with E-state index in [0.717, 1.165) is 0 Å². The van der Waals surface area contributed by atoms with Gasteiger partial charge in [-0.2, -0.15) is 0 Å². The van der Waals surface area contributed by atoms with Crippen LogP contribution in [0.2, 0.25) is 0 Å². The van der Waals surface area contributed by atoms with Crippen molar-refractivity contribution in [1.29, 1.82) is 0 Å². The zero-order valence-electron chi connectivity index (χ0n) is 10.1. The van der Waals surface area contributed by atoms with E-state index in [4.69, 9.17) is 0 Å². The monoisotopic (exact) mass is 264 g/mol. The lowest BCUT2D eigenvalue weighted by Gasteiger charge is -2.09. The van der Waals surface area contributed by atoms with Crippen LogP contribution in [0.3, 0.4) is 0 Å². The third kappa shape index (κ3) is 2.68. The van der Waals surface area contributed by atoms with Crippen molar-refractivity contribution in [2.45, 2.75) is 13.0 Å². The lowest BCUT2D eigenvalue weighted by atomic mass is 10.2. The summed E-state index contributed by atoms with van der Waals surface area (Å²) in [5.74, 6) is 0. The Morgan fingerprint density at radius 2 is 2.32 bits per heavy atom. The highest BCUT2D eigenvalue weighted by atomic mass is 16.6. The maximum atomic E-state index is 11.6. The van der Waals surface area contributed by atoms with Crippen LogP contribution in [0.4, 0.5) is 11.4 Å². The molecule has 2 aromatic rings. The van der Waals surface area contributed by atoms with Crippen LogP contribution >= 0.6 is 0 Å². The Morgan fingerprint density at radius 1 is 1.58 bits per heavy atom. The minimum Gasteiger partial charge on any atom is -0.392 e. The van der Waals surface area contributed by atoms with E-state index in [9.17, 15) is 20.0 Å². The van der Waals surface area contributed by atoms with Gasteiger partial charge in [-0.25, -0.2) is 4.98 Å². The number of aromatic amines is 1. The third-order valence-electron chi connectivity index (χ3n) is 2.54. The SMILES string of the molecule is CC(O)CNc1cc2nc[nH]c(=O)c2cc1[N+](=O)[O-]. The molecule has 19 heavy (non-hydrogen) atoms. The average molecular weight is 264 g/mol. The number of aliphatic hydroxyl groups is 1. The van der Waals surface area contributed by atoms with Crippen molar-refractivity contribution in [2.24, 2.45) is 0 Å². The number of H-pyrrole nitrogens is 1. The van der Waals surface area contributed by atoms with Crippen LogP contribution in [0.15, 0.2) is 23.3 Å². The number of nitro benzene ring substituents is 1. The number of hydrogen-bond acceptors (Lipinski definition) is 6. The second-order valence-electron chi connectivity index (χ2n) is 4.11. The van der Waals surface area contributed by atoms with E-state index in [1.807, 2.05) is 0 Å². The van der Waals surface area contributed by atoms with Crippen molar-refractivity contribution >= 4 is 22.3 Å². The molecule has 0 aliphatic heterocycles. The number of rotatable bonds is 4. The number of nitrogens with zero attached hydrogens (tertiary/aromatic N) is 2. The topological polar surface area (TPSA) is 121 Å². The summed E-state index contributed by atoms with van der Waals surface area (Å²) >= 11 is 0. The molecule has 100 valence electrons. The molecule has 8 nitrogen and oxygen atoms in total. The molecule has 1 heterocycles. The molecule has 2 rings (SSSR count). The zero-order chi connectivity index (χ0) is 14.0. The van der Waals surface area contributed by atoms with Gasteiger partial charge in [-0.1, -0.05) is 0 Å². The van der Waals surface area contributed by atoms with Gasteiger partial charge in [0, 0.05) is 12.6 Å². The standard InChI is InChI=1S/C11H12N4O4/c1-6(16)4-12-9-3-8-7(2-10(9)15(18)19)11(17)14-5-13-8/h2-3,5-6,12,16H,4H2,1H3,(H,13,14,17). The van der Waals surface area contributed by atoms with E-state index < -0.39 is 16.6 Å². The molecule has 1 atom stereocenters. The maximum absolute atomic E-state index is 11.6. The molecule has 0 spiro atoms. The van der Waals surface area contributed by atoms with Crippen LogP contribution in [-0.4, -0.2) is 32.6 Å². The Hall–Kier alpha value is -2.48. The molecule has 1 unspecified atom stereocenters. The van der Waals surface area contributed by atoms with Crippen LogP contribution in [0.1, 0.15) is 6.92 Å². The highest BCUT2D eigenvalue weighted by molar-refractivity contribution is 5.86. The van der Waals surface area contributed by atoms with Crippen molar-refractivity contribution in [3.05, 3.63) is 38.9 Å². The molecule has 1 aromatic heterocycles. The second-order valence-corrected chi connectivity index (χ2v) is 4.11. The van der Waals surface area contributed by atoms with Gasteiger partial charge in [0.15, 0.2) is 0 Å². The quantitative estimate of drug-likeness (QED) is 0.550. The van der Waals surface area contributed by atoms with Crippen molar-refractivity contribution in [3.8, 4) is 0 Å². The number of hydrogen-bond donors (Lipinski definition) is 3. The minimum absolute atomic E-state index is 0.150. The predicted octanol–water partition coefficient (Wildman–Crippen LogP) is 0.624. The molecule has 0 aliphatic carbocycles. The van der Waals surface area contributed by atoms with Crippen LogP contribution < -0.4 is 10.9 Å². The molecule has 8 heteroatoms. The van der Waals surface area contributed by atoms with Gasteiger partial charge >= 0.3 is 0 Å². The molecular weight excluding hydrogens is 252 g/mol. The van der Waals surface area contributed by atoms with Gasteiger partial charge in [0.25, 0.3) is 11.2 Å². The lowest BCUT2D eigenvalue weighted by Crippen LogP contribution is -2.16. The summed E-state index contributed by atoms with van der Waals surface area (Å²) in [7, 11) is 0. The molecule has 0 bridgehead atoms. The fourth-order valence-corrected chi connectivity index (χ4v) is 1.65. The van der Waals surface area contributed by atoms with Gasteiger partial charge in [0.1, 0.15) is 5.69 Å². The van der Waals surface area contributed by atoms with E-state index in [1.54, 1.807) is 6.92 Å². The molecule has 0 radical (unpaired) electrons. The fraction of sp³-hybridized carbons (Fsp3) is 0.273. The number of nitro groups is 1. The molecule has 1 aromatic carbocycles. The fourth-order valence-electron chi connectivity index (χ4n) is 1.65. The smallest absolute Gasteiger partial charge is 0.293 e. The molecule has 0 saturated heterocycles. The third-order valence-corrected chi connectivity index (χ3v) is 2.54. The Bertz CT molecular complexity index is 680. The summed E-state index contributed by atoms with van der Waals surface area (Å²) in [5, 5.41) is 23.1. The van der Waals surface area contributed by atoms with Crippen LogP contribution in [0.5, 0.6) is 0 Å². The first-order chi connectivity index (χ1) is 8.99. The van der Waals surface area contributed by atoms with Crippen LogP contribution in [0.25, 0.3) is 10.9 Å². The first kappa shape index (κ1) is 13.0. The average Bonchev–Trinajstić information content (AvgIpc) is 2.35. The summed E-state index contributed by atoms with van der Waals surface area (Å²) < 4.78 is 0. The van der Waals surface area contributed by atoms with E-state index in [1.165, 1.54) is 18.5 Å². The first-order valence-electron chi connectivity index (χ1n) is 5.57. The first-order valence-corrected chi connectivity index (χ1v) is 5.57. The maximum Gasteiger partial charge on any atom is 0.293 e. The van der Waals surface area contributed by atoms with E-state index in [0.29, 0.717) is 5.52 Å². The van der Waals surface area contributed by atoms with Gasteiger partial charge < -0.3 is 15.4 Å². The Morgan fingerprint density at radius 3 is 2.95 bits per heavy atom. The summed E-state index contributed by atoms with van der Waals surface area (Å²) in [6, 6.07) is 2.59.